The van der Waals surface area contributed by atoms with Gasteiger partial charge in [-0.15, -0.1) is 0 Å². The number of carbonyl (C=O) groups is 1. The molecule has 1 fully saturated rings. The monoisotopic (exact) mass is 321 g/mol. The van der Waals surface area contributed by atoms with E-state index in [0.29, 0.717) is 23.6 Å². The molecule has 2 aromatic carbocycles. The molecule has 1 atom stereocenters. The van der Waals surface area contributed by atoms with Crippen molar-refractivity contribution < 1.29 is 17.6 Å². The van der Waals surface area contributed by atoms with E-state index in [1.54, 1.807) is 31.2 Å². The summed E-state index contributed by atoms with van der Waals surface area (Å²) in [7, 11) is -3.70. The minimum absolute atomic E-state index is 0.109. The third kappa shape index (κ3) is 2.37. The maximum atomic E-state index is 14.2. The Morgan fingerprint density at radius 1 is 1.23 bits per heavy atom. The van der Waals surface area contributed by atoms with Gasteiger partial charge in [-0.05, 0) is 42.7 Å². The zero-order valence-electron chi connectivity index (χ0n) is 12.1. The van der Waals surface area contributed by atoms with E-state index in [1.807, 2.05) is 0 Å². The highest BCUT2D eigenvalue weighted by Gasteiger charge is 2.37. The fourth-order valence-electron chi connectivity index (χ4n) is 2.74. The number of amides is 1. The summed E-state index contributed by atoms with van der Waals surface area (Å²) in [5, 5.41) is 0.759. The van der Waals surface area contributed by atoms with Gasteiger partial charge in [-0.2, -0.15) is 0 Å². The summed E-state index contributed by atoms with van der Waals surface area (Å²) in [5.74, 6) is -1.48. The molecule has 6 heteroatoms. The van der Waals surface area contributed by atoms with Gasteiger partial charge in [0.1, 0.15) is 5.82 Å². The highest BCUT2D eigenvalue weighted by molar-refractivity contribution is 7.90. The first-order chi connectivity index (χ1) is 10.4. The zero-order chi connectivity index (χ0) is 15.9. The molecular weight excluding hydrogens is 305 g/mol. The summed E-state index contributed by atoms with van der Waals surface area (Å²) in [6.45, 7) is 1.68. The van der Waals surface area contributed by atoms with Crippen LogP contribution in [0.3, 0.4) is 0 Å². The zero-order valence-corrected chi connectivity index (χ0v) is 12.9. The lowest BCUT2D eigenvalue weighted by Gasteiger charge is -2.30. The van der Waals surface area contributed by atoms with Crippen LogP contribution in [-0.2, 0) is 10.0 Å². The summed E-state index contributed by atoms with van der Waals surface area (Å²) in [5.41, 5.74) is -0.198. The Labute approximate surface area is 128 Å². The van der Waals surface area contributed by atoms with Crippen LogP contribution in [0.5, 0.6) is 0 Å². The second-order valence-corrected chi connectivity index (χ2v) is 7.83. The van der Waals surface area contributed by atoms with Gasteiger partial charge in [-0.1, -0.05) is 24.3 Å². The Bertz CT molecular complexity index is 848. The van der Waals surface area contributed by atoms with Crippen molar-refractivity contribution in [3.05, 3.63) is 47.8 Å². The van der Waals surface area contributed by atoms with Gasteiger partial charge in [-0.25, -0.2) is 17.1 Å². The highest BCUT2D eigenvalue weighted by Crippen LogP contribution is 2.26. The van der Waals surface area contributed by atoms with Crippen LogP contribution in [0, 0.1) is 5.82 Å². The SMILES string of the molecule is CC1CCCN(C(=O)c2cc3ccccc3cc2F)S1(=O)=O. The van der Waals surface area contributed by atoms with Crippen LogP contribution >= 0.6 is 0 Å². The third-order valence-corrected chi connectivity index (χ3v) is 6.30. The Balaban J connectivity index is 2.07. The van der Waals surface area contributed by atoms with Crippen molar-refractivity contribution in [1.82, 2.24) is 4.31 Å². The number of rotatable bonds is 1. The topological polar surface area (TPSA) is 54.5 Å². The third-order valence-electron chi connectivity index (χ3n) is 4.08. The summed E-state index contributed by atoms with van der Waals surface area (Å²) in [4.78, 5) is 12.5. The molecule has 1 aliphatic rings. The molecule has 3 rings (SSSR count). The van der Waals surface area contributed by atoms with Crippen LogP contribution in [-0.4, -0.2) is 30.4 Å². The van der Waals surface area contributed by atoms with Crippen molar-refractivity contribution in [3.8, 4) is 0 Å². The van der Waals surface area contributed by atoms with Gasteiger partial charge >= 0.3 is 0 Å². The molecule has 1 amide bonds. The van der Waals surface area contributed by atoms with Crippen LogP contribution < -0.4 is 0 Å². The van der Waals surface area contributed by atoms with Crippen LogP contribution in [0.2, 0.25) is 0 Å². The van der Waals surface area contributed by atoms with E-state index in [0.717, 1.165) is 4.31 Å². The lowest BCUT2D eigenvalue weighted by Crippen LogP contribution is -2.46. The molecule has 0 radical (unpaired) electrons. The van der Waals surface area contributed by atoms with E-state index < -0.39 is 27.0 Å². The van der Waals surface area contributed by atoms with Crippen molar-refractivity contribution in [2.75, 3.05) is 6.54 Å². The number of benzene rings is 2. The minimum atomic E-state index is -3.70. The van der Waals surface area contributed by atoms with Gasteiger partial charge < -0.3 is 0 Å². The summed E-state index contributed by atoms with van der Waals surface area (Å²) < 4.78 is 39.6. The normalized spacial score (nSPS) is 21.0. The van der Waals surface area contributed by atoms with Crippen molar-refractivity contribution in [1.29, 1.82) is 0 Å². The predicted octanol–water partition coefficient (Wildman–Crippen LogP) is 2.93. The molecule has 1 heterocycles. The van der Waals surface area contributed by atoms with Gasteiger partial charge in [-0.3, -0.25) is 4.79 Å². The number of hydrogen-bond acceptors (Lipinski definition) is 3. The van der Waals surface area contributed by atoms with Crippen LogP contribution in [0.15, 0.2) is 36.4 Å². The average molecular weight is 321 g/mol. The van der Waals surface area contributed by atoms with E-state index in [1.165, 1.54) is 12.1 Å². The smallest absolute Gasteiger partial charge is 0.268 e. The Morgan fingerprint density at radius 3 is 2.55 bits per heavy atom. The number of nitrogens with zero attached hydrogens (tertiary/aromatic N) is 1. The maximum Gasteiger partial charge on any atom is 0.270 e. The second kappa shape index (κ2) is 5.35. The minimum Gasteiger partial charge on any atom is -0.268 e. The molecule has 22 heavy (non-hydrogen) atoms. The van der Waals surface area contributed by atoms with Crippen molar-refractivity contribution >= 4 is 26.7 Å². The molecule has 4 nitrogen and oxygen atoms in total. The number of sulfonamides is 1. The fraction of sp³-hybridized carbons (Fsp3) is 0.312. The Hall–Kier alpha value is -1.95. The van der Waals surface area contributed by atoms with Gasteiger partial charge in [0.15, 0.2) is 0 Å². The average Bonchev–Trinajstić information content (AvgIpc) is 2.48. The van der Waals surface area contributed by atoms with Crippen LogP contribution in [0.4, 0.5) is 4.39 Å². The molecule has 0 saturated carbocycles. The molecule has 0 aliphatic carbocycles. The first kappa shape index (κ1) is 15.0. The van der Waals surface area contributed by atoms with E-state index in [2.05, 4.69) is 0 Å². The summed E-state index contributed by atoms with van der Waals surface area (Å²) >= 11 is 0. The first-order valence-electron chi connectivity index (χ1n) is 7.15. The lowest BCUT2D eigenvalue weighted by atomic mass is 10.1. The van der Waals surface area contributed by atoms with Gasteiger partial charge in [0.2, 0.25) is 10.0 Å². The van der Waals surface area contributed by atoms with Gasteiger partial charge in [0.05, 0.1) is 10.8 Å². The van der Waals surface area contributed by atoms with Crippen molar-refractivity contribution in [3.63, 3.8) is 0 Å². The molecule has 1 unspecified atom stereocenters. The predicted molar refractivity (Wildman–Crippen MR) is 82.6 cm³/mol. The van der Waals surface area contributed by atoms with E-state index in [-0.39, 0.29) is 12.1 Å². The summed E-state index contributed by atoms with van der Waals surface area (Å²) in [6.07, 6.45) is 1.12. The number of hydrogen-bond donors (Lipinski definition) is 0. The molecule has 1 aliphatic heterocycles. The van der Waals surface area contributed by atoms with E-state index >= 15 is 0 Å². The fourth-order valence-corrected chi connectivity index (χ4v) is 4.36. The van der Waals surface area contributed by atoms with Crippen LogP contribution in [0.1, 0.15) is 30.1 Å². The van der Waals surface area contributed by atoms with Crippen molar-refractivity contribution in [2.24, 2.45) is 0 Å². The maximum absolute atomic E-state index is 14.2. The number of carbonyl (C=O) groups excluding carboxylic acids is 1. The molecule has 2 aromatic rings. The molecule has 116 valence electrons. The number of halogens is 1. The summed E-state index contributed by atoms with van der Waals surface area (Å²) in [6, 6.07) is 9.75. The van der Waals surface area contributed by atoms with Crippen molar-refractivity contribution in [2.45, 2.75) is 25.0 Å². The molecular formula is C16H16FNO3S. The molecule has 0 aromatic heterocycles. The quantitative estimate of drug-likeness (QED) is 0.811. The molecule has 0 spiro atoms. The van der Waals surface area contributed by atoms with Gasteiger partial charge in [0, 0.05) is 6.54 Å². The number of fused-ring (bicyclic) bond motifs is 1. The van der Waals surface area contributed by atoms with Crippen LogP contribution in [0.25, 0.3) is 10.8 Å². The molecule has 1 saturated heterocycles. The standard InChI is InChI=1S/C16H16FNO3S/c1-11-5-4-8-18(22(11,20)21)16(19)14-9-12-6-2-3-7-13(12)10-15(14)17/h2-3,6-7,9-11H,4-5,8H2,1H3. The Morgan fingerprint density at radius 2 is 1.86 bits per heavy atom. The Kier molecular flexibility index (Phi) is 3.64. The highest BCUT2D eigenvalue weighted by atomic mass is 32.2. The van der Waals surface area contributed by atoms with Gasteiger partial charge in [0.25, 0.3) is 5.91 Å². The lowest BCUT2D eigenvalue weighted by molar-refractivity contribution is 0.0848. The second-order valence-electron chi connectivity index (χ2n) is 5.55. The van der Waals surface area contributed by atoms with E-state index in [4.69, 9.17) is 0 Å². The molecule has 0 bridgehead atoms. The first-order valence-corrected chi connectivity index (χ1v) is 8.66. The molecule has 0 N–H and O–H groups in total. The van der Waals surface area contributed by atoms with E-state index in [9.17, 15) is 17.6 Å². The largest absolute Gasteiger partial charge is 0.270 e.